The molecule has 0 radical (unpaired) electrons. The number of rotatable bonds is 5. The molecule has 1 aromatic rings. The van der Waals surface area contributed by atoms with Crippen molar-refractivity contribution < 1.29 is 4.43 Å². The van der Waals surface area contributed by atoms with Crippen molar-refractivity contribution >= 4 is 27.7 Å². The molecule has 0 saturated carbocycles. The van der Waals surface area contributed by atoms with Crippen LogP contribution in [-0.2, 0) is 4.43 Å². The Bertz CT molecular complexity index is 341. The van der Waals surface area contributed by atoms with Gasteiger partial charge in [-0.2, -0.15) is 0 Å². The van der Waals surface area contributed by atoms with Gasteiger partial charge in [0.15, 0.2) is 0 Å². The fraction of sp³-hybridized carbons (Fsp3) is 0.385. The molecule has 3 heteroatoms. The molecule has 0 saturated heterocycles. The zero-order valence-electron chi connectivity index (χ0n) is 10.5. The first-order valence-corrected chi connectivity index (χ1v) is 10.9. The van der Waals surface area contributed by atoms with E-state index in [1.807, 2.05) is 0 Å². The summed E-state index contributed by atoms with van der Waals surface area (Å²) in [6.45, 7) is 8.84. The van der Waals surface area contributed by atoms with Crippen LogP contribution in [0.25, 0.3) is 0 Å². The van der Waals surface area contributed by atoms with Crippen molar-refractivity contribution in [3.05, 3.63) is 41.1 Å². The molecule has 16 heavy (non-hydrogen) atoms. The van der Waals surface area contributed by atoms with Crippen LogP contribution in [0.4, 0.5) is 0 Å². The second kappa shape index (κ2) is 6.29. The van der Waals surface area contributed by atoms with Crippen LogP contribution in [0.1, 0.15) is 13.3 Å². The molecule has 0 atom stereocenters. The van der Waals surface area contributed by atoms with Crippen molar-refractivity contribution in [2.75, 3.05) is 0 Å². The third-order valence-electron chi connectivity index (χ3n) is 1.86. The van der Waals surface area contributed by atoms with Gasteiger partial charge in [-0.1, -0.05) is 0 Å². The molecule has 1 rings (SSSR count). The summed E-state index contributed by atoms with van der Waals surface area (Å²) in [6, 6.07) is 10.6. The van der Waals surface area contributed by atoms with E-state index in [0.29, 0.717) is 15.0 Å². The molecule has 0 N–H and O–H groups in total. The van der Waals surface area contributed by atoms with Gasteiger partial charge >= 0.3 is 106 Å². The molecule has 0 unspecified atom stereocenters. The van der Waals surface area contributed by atoms with Crippen molar-refractivity contribution in [2.24, 2.45) is 0 Å². The Hall–Kier alpha value is -0.504. The first kappa shape index (κ1) is 13.6. The summed E-state index contributed by atoms with van der Waals surface area (Å²) < 4.78 is 7.43. The molecular formula is C13H20OSeSi. The summed E-state index contributed by atoms with van der Waals surface area (Å²) in [5.41, 5.74) is 0. The van der Waals surface area contributed by atoms with Crippen molar-refractivity contribution in [3.8, 4) is 0 Å². The Morgan fingerprint density at radius 3 is 2.38 bits per heavy atom. The summed E-state index contributed by atoms with van der Waals surface area (Å²) >= 11 is 0.395. The van der Waals surface area contributed by atoms with Gasteiger partial charge in [0.25, 0.3) is 0 Å². The normalized spacial score (nSPS) is 12.6. The van der Waals surface area contributed by atoms with Crippen LogP contribution in [0.3, 0.4) is 0 Å². The second-order valence-corrected chi connectivity index (χ2v) is 11.0. The van der Waals surface area contributed by atoms with Crippen molar-refractivity contribution in [2.45, 2.75) is 33.0 Å². The summed E-state index contributed by atoms with van der Waals surface area (Å²) in [7, 11) is -1.44. The van der Waals surface area contributed by atoms with Crippen LogP contribution in [0.15, 0.2) is 41.1 Å². The van der Waals surface area contributed by atoms with Gasteiger partial charge in [-0.3, -0.25) is 0 Å². The Morgan fingerprint density at radius 2 is 1.88 bits per heavy atom. The van der Waals surface area contributed by atoms with Crippen LogP contribution >= 0.6 is 0 Å². The molecule has 0 bridgehead atoms. The molecule has 1 nitrogen and oxygen atoms in total. The Labute approximate surface area is 106 Å². The van der Waals surface area contributed by atoms with Crippen LogP contribution in [0.5, 0.6) is 0 Å². The van der Waals surface area contributed by atoms with E-state index in [2.05, 4.69) is 61.9 Å². The average molecular weight is 299 g/mol. The first-order valence-electron chi connectivity index (χ1n) is 5.61. The van der Waals surface area contributed by atoms with E-state index in [0.717, 1.165) is 6.42 Å². The number of hydrogen-bond acceptors (Lipinski definition) is 1. The number of benzene rings is 1. The van der Waals surface area contributed by atoms with E-state index in [1.54, 1.807) is 0 Å². The van der Waals surface area contributed by atoms with Gasteiger partial charge in [0.1, 0.15) is 0 Å². The molecular weight excluding hydrogens is 279 g/mol. The van der Waals surface area contributed by atoms with E-state index in [1.165, 1.54) is 10.2 Å². The first-order chi connectivity index (χ1) is 7.51. The van der Waals surface area contributed by atoms with Crippen LogP contribution in [0.2, 0.25) is 19.6 Å². The van der Waals surface area contributed by atoms with Gasteiger partial charge in [-0.15, -0.1) is 0 Å². The molecule has 0 aromatic heterocycles. The van der Waals surface area contributed by atoms with Crippen molar-refractivity contribution in [1.29, 1.82) is 0 Å². The monoisotopic (exact) mass is 300 g/mol. The standard InChI is InChI=1S/C13H20OSeSi/c1-5-12(14-16(2,3)4)11-15-13-9-7-6-8-10-13/h6-11H,5H2,1-4H3/b12-11-. The quantitative estimate of drug-likeness (QED) is 0.599. The Kier molecular flexibility index (Phi) is 5.33. The molecule has 0 spiro atoms. The predicted molar refractivity (Wildman–Crippen MR) is 74.6 cm³/mol. The molecule has 88 valence electrons. The second-order valence-electron chi connectivity index (χ2n) is 4.58. The molecule has 1 aromatic carbocycles. The molecule has 0 aliphatic rings. The van der Waals surface area contributed by atoms with Crippen LogP contribution < -0.4 is 4.46 Å². The number of hydrogen-bond donors (Lipinski definition) is 0. The van der Waals surface area contributed by atoms with Gasteiger partial charge < -0.3 is 0 Å². The molecule has 0 amide bonds. The molecule has 0 aliphatic carbocycles. The molecule has 0 fully saturated rings. The third kappa shape index (κ3) is 5.54. The van der Waals surface area contributed by atoms with Gasteiger partial charge in [0.2, 0.25) is 0 Å². The van der Waals surface area contributed by atoms with Crippen LogP contribution in [-0.4, -0.2) is 23.3 Å². The van der Waals surface area contributed by atoms with E-state index in [9.17, 15) is 0 Å². The summed E-state index contributed by atoms with van der Waals surface area (Å²) in [5.74, 6) is 1.17. The minimum absolute atomic E-state index is 0.395. The van der Waals surface area contributed by atoms with E-state index in [4.69, 9.17) is 4.43 Å². The summed E-state index contributed by atoms with van der Waals surface area (Å²) in [5, 5.41) is 0. The van der Waals surface area contributed by atoms with Gasteiger partial charge in [0, 0.05) is 0 Å². The average Bonchev–Trinajstić information content (AvgIpc) is 2.24. The predicted octanol–water partition coefficient (Wildman–Crippen LogP) is 3.12. The topological polar surface area (TPSA) is 9.23 Å². The minimum atomic E-state index is -1.44. The molecule has 0 heterocycles. The van der Waals surface area contributed by atoms with E-state index < -0.39 is 8.32 Å². The van der Waals surface area contributed by atoms with Gasteiger partial charge in [0.05, 0.1) is 0 Å². The van der Waals surface area contributed by atoms with Crippen molar-refractivity contribution in [3.63, 3.8) is 0 Å². The fourth-order valence-electron chi connectivity index (χ4n) is 1.21. The SMILES string of the molecule is CC/C(=C/[Se]c1ccccc1)O[Si](C)(C)C. The zero-order valence-corrected chi connectivity index (χ0v) is 13.2. The Balaban J connectivity index is 2.60. The van der Waals surface area contributed by atoms with Gasteiger partial charge in [-0.25, -0.2) is 0 Å². The summed E-state index contributed by atoms with van der Waals surface area (Å²) in [4.78, 5) is 2.28. The van der Waals surface area contributed by atoms with E-state index in [-0.39, 0.29) is 0 Å². The number of allylic oxidation sites excluding steroid dienone is 1. The van der Waals surface area contributed by atoms with Crippen LogP contribution in [0, 0.1) is 0 Å². The van der Waals surface area contributed by atoms with Crippen molar-refractivity contribution in [1.82, 2.24) is 0 Å². The fourth-order valence-corrected chi connectivity index (χ4v) is 4.06. The third-order valence-corrected chi connectivity index (χ3v) is 4.67. The maximum absolute atomic E-state index is 6.02. The summed E-state index contributed by atoms with van der Waals surface area (Å²) in [6.07, 6.45) is 0.999. The Morgan fingerprint density at radius 1 is 1.25 bits per heavy atom. The maximum atomic E-state index is 6.02. The molecule has 0 aliphatic heterocycles. The zero-order chi connectivity index (χ0) is 12.0. The van der Waals surface area contributed by atoms with Gasteiger partial charge in [-0.05, 0) is 0 Å². The van der Waals surface area contributed by atoms with E-state index >= 15 is 0 Å².